The molecule has 1 aromatic carbocycles. The molecular formula is C14H20N2O3. The van der Waals surface area contributed by atoms with Crippen molar-refractivity contribution in [2.75, 3.05) is 6.61 Å². The predicted octanol–water partition coefficient (Wildman–Crippen LogP) is 2.42. The Kier molecular flexibility index (Phi) is 4.87. The second kappa shape index (κ2) is 6.63. The van der Waals surface area contributed by atoms with Gasteiger partial charge in [-0.2, -0.15) is 0 Å². The molecule has 0 saturated heterocycles. The number of nitro benzene ring substituents is 1. The van der Waals surface area contributed by atoms with Crippen LogP contribution in [-0.4, -0.2) is 23.7 Å². The third-order valence-electron chi connectivity index (χ3n) is 3.56. The fraction of sp³-hybridized carbons (Fsp3) is 0.571. The van der Waals surface area contributed by atoms with E-state index >= 15 is 0 Å². The van der Waals surface area contributed by atoms with Gasteiger partial charge in [-0.05, 0) is 37.7 Å². The maximum absolute atomic E-state index is 10.5. The normalized spacial score (nSPS) is 23.2. The van der Waals surface area contributed by atoms with Crippen molar-refractivity contribution >= 4 is 5.69 Å². The molecule has 2 atom stereocenters. The molecule has 5 nitrogen and oxygen atoms in total. The van der Waals surface area contributed by atoms with Crippen molar-refractivity contribution in [3.63, 3.8) is 0 Å². The maximum atomic E-state index is 10.5. The fourth-order valence-electron chi connectivity index (χ4n) is 2.46. The summed E-state index contributed by atoms with van der Waals surface area (Å²) in [6, 6.07) is 6.91. The molecule has 0 radical (unpaired) electrons. The zero-order chi connectivity index (χ0) is 13.7. The molecule has 1 aliphatic rings. The monoisotopic (exact) mass is 264 g/mol. The first-order valence-electron chi connectivity index (χ1n) is 6.75. The molecule has 0 aromatic heterocycles. The highest BCUT2D eigenvalue weighted by Crippen LogP contribution is 2.20. The highest BCUT2D eigenvalue weighted by molar-refractivity contribution is 5.32. The van der Waals surface area contributed by atoms with Gasteiger partial charge in [0.2, 0.25) is 0 Å². The van der Waals surface area contributed by atoms with Crippen molar-refractivity contribution in [1.82, 2.24) is 0 Å². The summed E-state index contributed by atoms with van der Waals surface area (Å²) in [5, 5.41) is 10.5. The van der Waals surface area contributed by atoms with Gasteiger partial charge in [0.15, 0.2) is 0 Å². The van der Waals surface area contributed by atoms with Crippen LogP contribution >= 0.6 is 0 Å². The minimum absolute atomic E-state index is 0.128. The van der Waals surface area contributed by atoms with Crippen LogP contribution in [0.3, 0.4) is 0 Å². The average molecular weight is 264 g/mol. The Labute approximate surface area is 112 Å². The number of ether oxygens (including phenoxy) is 1. The summed E-state index contributed by atoms with van der Waals surface area (Å²) < 4.78 is 5.82. The largest absolute Gasteiger partial charge is 0.378 e. The van der Waals surface area contributed by atoms with Crippen molar-refractivity contribution in [1.29, 1.82) is 0 Å². The van der Waals surface area contributed by atoms with E-state index in [1.807, 2.05) is 0 Å². The number of hydrogen-bond acceptors (Lipinski definition) is 4. The summed E-state index contributed by atoms with van der Waals surface area (Å²) in [6.45, 7) is 0.648. The van der Waals surface area contributed by atoms with E-state index in [-0.39, 0.29) is 22.8 Å². The number of nitrogens with two attached hydrogens (primary N) is 1. The van der Waals surface area contributed by atoms with Crippen molar-refractivity contribution in [2.45, 2.75) is 44.2 Å². The Balaban J connectivity index is 1.74. The third kappa shape index (κ3) is 4.29. The molecular weight excluding hydrogens is 244 g/mol. The Morgan fingerprint density at radius 2 is 2.05 bits per heavy atom. The Morgan fingerprint density at radius 1 is 1.32 bits per heavy atom. The molecule has 1 fully saturated rings. The molecule has 5 heteroatoms. The summed E-state index contributed by atoms with van der Waals surface area (Å²) >= 11 is 0. The molecule has 0 aliphatic heterocycles. The summed E-state index contributed by atoms with van der Waals surface area (Å²) in [5.41, 5.74) is 7.10. The lowest BCUT2D eigenvalue weighted by molar-refractivity contribution is -0.384. The van der Waals surface area contributed by atoms with E-state index < -0.39 is 0 Å². The first-order chi connectivity index (χ1) is 9.15. The second-order valence-electron chi connectivity index (χ2n) is 5.09. The van der Waals surface area contributed by atoms with Gasteiger partial charge in [-0.1, -0.05) is 12.1 Å². The molecule has 1 saturated carbocycles. The number of non-ortho nitro benzene ring substituents is 1. The van der Waals surface area contributed by atoms with Crippen LogP contribution in [0.25, 0.3) is 0 Å². The molecule has 0 heterocycles. The maximum Gasteiger partial charge on any atom is 0.269 e. The molecule has 1 aromatic rings. The van der Waals surface area contributed by atoms with Gasteiger partial charge in [-0.25, -0.2) is 0 Å². The standard InChI is InChI=1S/C14H20N2O3/c15-12-2-1-3-14(10-12)19-9-8-11-4-6-13(7-5-11)16(17)18/h4-7,12,14H,1-3,8-10,15H2. The van der Waals surface area contributed by atoms with Crippen molar-refractivity contribution in [2.24, 2.45) is 5.73 Å². The van der Waals surface area contributed by atoms with Crippen LogP contribution in [0.2, 0.25) is 0 Å². The minimum atomic E-state index is -0.385. The highest BCUT2D eigenvalue weighted by atomic mass is 16.6. The van der Waals surface area contributed by atoms with Crippen molar-refractivity contribution < 1.29 is 9.66 Å². The summed E-state index contributed by atoms with van der Waals surface area (Å²) in [4.78, 5) is 10.1. The van der Waals surface area contributed by atoms with Crippen molar-refractivity contribution in [3.05, 3.63) is 39.9 Å². The smallest absolute Gasteiger partial charge is 0.269 e. The van der Waals surface area contributed by atoms with Crippen LogP contribution in [0.15, 0.2) is 24.3 Å². The van der Waals surface area contributed by atoms with E-state index in [0.717, 1.165) is 37.7 Å². The van der Waals surface area contributed by atoms with Gasteiger partial charge in [0.25, 0.3) is 5.69 Å². The molecule has 2 rings (SSSR count). The fourth-order valence-corrected chi connectivity index (χ4v) is 2.46. The SMILES string of the molecule is NC1CCCC(OCCc2ccc([N+](=O)[O-])cc2)C1. The Hall–Kier alpha value is -1.46. The molecule has 2 N–H and O–H groups in total. The first-order valence-corrected chi connectivity index (χ1v) is 6.75. The first kappa shape index (κ1) is 14.0. The molecule has 19 heavy (non-hydrogen) atoms. The summed E-state index contributed by atoms with van der Waals surface area (Å²) in [7, 11) is 0. The van der Waals surface area contributed by atoms with Crippen LogP contribution in [0.5, 0.6) is 0 Å². The molecule has 0 amide bonds. The summed E-state index contributed by atoms with van der Waals surface area (Å²) in [6.07, 6.45) is 5.34. The van der Waals surface area contributed by atoms with Gasteiger partial charge >= 0.3 is 0 Å². The lowest BCUT2D eigenvalue weighted by Gasteiger charge is -2.26. The Morgan fingerprint density at radius 3 is 2.68 bits per heavy atom. The Bertz CT molecular complexity index is 419. The topological polar surface area (TPSA) is 78.4 Å². The van der Waals surface area contributed by atoms with Gasteiger partial charge in [0, 0.05) is 18.2 Å². The molecule has 1 aliphatic carbocycles. The van der Waals surface area contributed by atoms with Crippen LogP contribution in [0.1, 0.15) is 31.2 Å². The molecule has 104 valence electrons. The van der Waals surface area contributed by atoms with E-state index in [0.29, 0.717) is 6.61 Å². The number of rotatable bonds is 5. The van der Waals surface area contributed by atoms with Crippen LogP contribution in [0.4, 0.5) is 5.69 Å². The summed E-state index contributed by atoms with van der Waals surface area (Å²) in [5.74, 6) is 0. The number of nitro groups is 1. The van der Waals surface area contributed by atoms with Crippen molar-refractivity contribution in [3.8, 4) is 0 Å². The van der Waals surface area contributed by atoms with E-state index in [2.05, 4.69) is 0 Å². The van der Waals surface area contributed by atoms with Gasteiger partial charge < -0.3 is 10.5 Å². The predicted molar refractivity (Wildman–Crippen MR) is 73.0 cm³/mol. The lowest BCUT2D eigenvalue weighted by Crippen LogP contribution is -2.32. The zero-order valence-corrected chi connectivity index (χ0v) is 11.0. The van der Waals surface area contributed by atoms with E-state index in [9.17, 15) is 10.1 Å². The molecule has 2 unspecified atom stereocenters. The van der Waals surface area contributed by atoms with Crippen LogP contribution in [0, 0.1) is 10.1 Å². The molecule has 0 spiro atoms. The van der Waals surface area contributed by atoms with E-state index in [4.69, 9.17) is 10.5 Å². The third-order valence-corrected chi connectivity index (χ3v) is 3.56. The highest BCUT2D eigenvalue weighted by Gasteiger charge is 2.19. The lowest BCUT2D eigenvalue weighted by atomic mass is 9.93. The van der Waals surface area contributed by atoms with Gasteiger partial charge in [-0.3, -0.25) is 10.1 Å². The number of hydrogen-bond donors (Lipinski definition) is 1. The second-order valence-corrected chi connectivity index (χ2v) is 5.09. The molecule has 0 bridgehead atoms. The number of nitrogens with zero attached hydrogens (tertiary/aromatic N) is 1. The number of benzene rings is 1. The minimum Gasteiger partial charge on any atom is -0.378 e. The van der Waals surface area contributed by atoms with Crippen LogP contribution in [-0.2, 0) is 11.2 Å². The quantitative estimate of drug-likeness (QED) is 0.654. The van der Waals surface area contributed by atoms with Crippen LogP contribution < -0.4 is 5.73 Å². The zero-order valence-electron chi connectivity index (χ0n) is 11.0. The van der Waals surface area contributed by atoms with E-state index in [1.54, 1.807) is 12.1 Å². The van der Waals surface area contributed by atoms with Gasteiger partial charge in [0.1, 0.15) is 0 Å². The van der Waals surface area contributed by atoms with Gasteiger partial charge in [-0.15, -0.1) is 0 Å². The van der Waals surface area contributed by atoms with Gasteiger partial charge in [0.05, 0.1) is 17.6 Å². The average Bonchev–Trinajstić information content (AvgIpc) is 2.39. The van der Waals surface area contributed by atoms with E-state index in [1.165, 1.54) is 12.1 Å².